The summed E-state index contributed by atoms with van der Waals surface area (Å²) in [6, 6.07) is 10.5. The molecule has 1 rings (SSSR count). The molecule has 0 atom stereocenters. The van der Waals surface area contributed by atoms with Gasteiger partial charge in [0.25, 0.3) is 0 Å². The predicted molar refractivity (Wildman–Crippen MR) is 65.6 cm³/mol. The third kappa shape index (κ3) is 4.96. The van der Waals surface area contributed by atoms with Gasteiger partial charge in [-0.05, 0) is 31.2 Å². The molecule has 0 saturated carbocycles. The van der Waals surface area contributed by atoms with Gasteiger partial charge in [0.05, 0.1) is 6.07 Å². The van der Waals surface area contributed by atoms with Crippen molar-refractivity contribution in [2.24, 2.45) is 0 Å². The maximum absolute atomic E-state index is 8.45. The van der Waals surface area contributed by atoms with Gasteiger partial charge in [-0.25, -0.2) is 0 Å². The van der Waals surface area contributed by atoms with Crippen molar-refractivity contribution in [2.75, 3.05) is 20.1 Å². The molecule has 0 amide bonds. The van der Waals surface area contributed by atoms with E-state index in [2.05, 4.69) is 52.1 Å². The molecule has 0 saturated heterocycles. The van der Waals surface area contributed by atoms with E-state index in [0.29, 0.717) is 6.42 Å². The van der Waals surface area contributed by atoms with Gasteiger partial charge in [0, 0.05) is 24.0 Å². The molecule has 0 unspecified atom stereocenters. The smallest absolute Gasteiger partial charge is 0.0635 e. The van der Waals surface area contributed by atoms with Gasteiger partial charge in [-0.15, -0.1) is 0 Å². The standard InChI is InChI=1S/C12H15BrN2/c1-15(8-3-7-14)9-6-11-4-2-5-12(13)10-11/h2,4-5,10H,3,6,8-9H2,1H3. The second-order valence-electron chi connectivity index (χ2n) is 3.59. The molecule has 0 spiro atoms. The molecule has 0 bridgehead atoms. The van der Waals surface area contributed by atoms with Crippen molar-refractivity contribution in [1.29, 1.82) is 5.26 Å². The van der Waals surface area contributed by atoms with E-state index in [-0.39, 0.29) is 0 Å². The average Bonchev–Trinajstić information content (AvgIpc) is 2.23. The summed E-state index contributed by atoms with van der Waals surface area (Å²) in [5.41, 5.74) is 1.33. The molecule has 1 aromatic rings. The first kappa shape index (κ1) is 12.2. The summed E-state index contributed by atoms with van der Waals surface area (Å²) < 4.78 is 1.12. The average molecular weight is 267 g/mol. The van der Waals surface area contributed by atoms with E-state index in [4.69, 9.17) is 5.26 Å². The van der Waals surface area contributed by atoms with E-state index >= 15 is 0 Å². The van der Waals surface area contributed by atoms with Gasteiger partial charge in [0.2, 0.25) is 0 Å². The molecule has 0 aliphatic carbocycles. The maximum atomic E-state index is 8.45. The lowest BCUT2D eigenvalue weighted by Gasteiger charge is -2.14. The summed E-state index contributed by atoms with van der Waals surface area (Å²) in [5.74, 6) is 0. The van der Waals surface area contributed by atoms with E-state index in [9.17, 15) is 0 Å². The maximum Gasteiger partial charge on any atom is 0.0635 e. The molecule has 15 heavy (non-hydrogen) atoms. The Morgan fingerprint density at radius 2 is 2.20 bits per heavy atom. The van der Waals surface area contributed by atoms with Gasteiger partial charge < -0.3 is 4.90 Å². The fourth-order valence-corrected chi connectivity index (χ4v) is 1.81. The zero-order chi connectivity index (χ0) is 11.1. The second kappa shape index (κ2) is 6.60. The van der Waals surface area contributed by atoms with E-state index < -0.39 is 0 Å². The highest BCUT2D eigenvalue weighted by Crippen LogP contribution is 2.12. The van der Waals surface area contributed by atoms with Crippen LogP contribution >= 0.6 is 15.9 Å². The lowest BCUT2D eigenvalue weighted by Crippen LogP contribution is -2.22. The topological polar surface area (TPSA) is 27.0 Å². The molecular weight excluding hydrogens is 252 g/mol. The molecular formula is C12H15BrN2. The van der Waals surface area contributed by atoms with E-state index in [0.717, 1.165) is 24.0 Å². The largest absolute Gasteiger partial charge is 0.305 e. The Bertz CT molecular complexity index is 344. The third-order valence-electron chi connectivity index (χ3n) is 2.28. The van der Waals surface area contributed by atoms with Crippen LogP contribution in [0.1, 0.15) is 12.0 Å². The van der Waals surface area contributed by atoms with Crippen LogP contribution in [0.15, 0.2) is 28.7 Å². The number of nitrogens with zero attached hydrogens (tertiary/aromatic N) is 2. The zero-order valence-corrected chi connectivity index (χ0v) is 10.5. The quantitative estimate of drug-likeness (QED) is 0.820. The van der Waals surface area contributed by atoms with E-state index in [1.54, 1.807) is 0 Å². The summed E-state index contributed by atoms with van der Waals surface area (Å²) in [4.78, 5) is 2.18. The normalized spacial score (nSPS) is 10.3. The van der Waals surface area contributed by atoms with Crippen LogP contribution in [0.4, 0.5) is 0 Å². The Balaban J connectivity index is 2.34. The van der Waals surface area contributed by atoms with Crippen molar-refractivity contribution in [2.45, 2.75) is 12.8 Å². The fraction of sp³-hybridized carbons (Fsp3) is 0.417. The summed E-state index contributed by atoms with van der Waals surface area (Å²) >= 11 is 3.45. The monoisotopic (exact) mass is 266 g/mol. The number of hydrogen-bond donors (Lipinski definition) is 0. The molecule has 0 heterocycles. The van der Waals surface area contributed by atoms with Crippen molar-refractivity contribution in [1.82, 2.24) is 4.90 Å². The van der Waals surface area contributed by atoms with Crippen LogP contribution in [0.2, 0.25) is 0 Å². The summed E-state index contributed by atoms with van der Waals surface area (Å²) in [5, 5.41) is 8.45. The Morgan fingerprint density at radius 3 is 2.87 bits per heavy atom. The van der Waals surface area contributed by atoms with Crippen LogP contribution < -0.4 is 0 Å². The summed E-state index contributed by atoms with van der Waals surface area (Å²) in [6.45, 7) is 1.85. The van der Waals surface area contributed by atoms with Crippen LogP contribution in [-0.2, 0) is 6.42 Å². The van der Waals surface area contributed by atoms with Gasteiger partial charge in [-0.3, -0.25) is 0 Å². The Kier molecular flexibility index (Phi) is 5.38. The molecule has 0 radical (unpaired) electrons. The third-order valence-corrected chi connectivity index (χ3v) is 2.77. The molecule has 0 aromatic heterocycles. The molecule has 3 heteroatoms. The van der Waals surface area contributed by atoms with Gasteiger partial charge in [0.15, 0.2) is 0 Å². The number of halogens is 1. The van der Waals surface area contributed by atoms with Gasteiger partial charge in [-0.1, -0.05) is 28.1 Å². The Labute approximate surface area is 99.6 Å². The number of benzene rings is 1. The number of nitriles is 1. The van der Waals surface area contributed by atoms with Crippen LogP contribution in [0.5, 0.6) is 0 Å². The lowest BCUT2D eigenvalue weighted by atomic mass is 10.1. The minimum absolute atomic E-state index is 0.606. The van der Waals surface area contributed by atoms with Crippen molar-refractivity contribution in [3.05, 3.63) is 34.3 Å². The molecule has 80 valence electrons. The lowest BCUT2D eigenvalue weighted by molar-refractivity contribution is 0.346. The van der Waals surface area contributed by atoms with Crippen LogP contribution in [-0.4, -0.2) is 25.0 Å². The van der Waals surface area contributed by atoms with Crippen molar-refractivity contribution in [3.8, 4) is 6.07 Å². The first-order valence-corrected chi connectivity index (χ1v) is 5.81. The summed E-state index contributed by atoms with van der Waals surface area (Å²) in [7, 11) is 2.05. The first-order valence-electron chi connectivity index (χ1n) is 5.02. The van der Waals surface area contributed by atoms with E-state index in [1.165, 1.54) is 5.56 Å². The van der Waals surface area contributed by atoms with Crippen LogP contribution in [0, 0.1) is 11.3 Å². The van der Waals surface area contributed by atoms with Crippen LogP contribution in [0.25, 0.3) is 0 Å². The van der Waals surface area contributed by atoms with Gasteiger partial charge in [-0.2, -0.15) is 5.26 Å². The van der Waals surface area contributed by atoms with Gasteiger partial charge >= 0.3 is 0 Å². The zero-order valence-electron chi connectivity index (χ0n) is 8.91. The molecule has 0 aliphatic heterocycles. The summed E-state index contributed by atoms with van der Waals surface area (Å²) in [6.07, 6.45) is 1.64. The minimum atomic E-state index is 0.606. The highest BCUT2D eigenvalue weighted by atomic mass is 79.9. The van der Waals surface area contributed by atoms with Crippen LogP contribution in [0.3, 0.4) is 0 Å². The number of rotatable bonds is 5. The van der Waals surface area contributed by atoms with Crippen molar-refractivity contribution < 1.29 is 0 Å². The molecule has 0 N–H and O–H groups in total. The van der Waals surface area contributed by atoms with Crippen molar-refractivity contribution in [3.63, 3.8) is 0 Å². The number of likely N-dealkylation sites (N-methyl/N-ethyl adjacent to an activating group) is 1. The Morgan fingerprint density at radius 1 is 1.40 bits per heavy atom. The minimum Gasteiger partial charge on any atom is -0.305 e. The first-order chi connectivity index (χ1) is 7.22. The Hall–Kier alpha value is -0.850. The molecule has 0 fully saturated rings. The number of hydrogen-bond acceptors (Lipinski definition) is 2. The molecule has 0 aliphatic rings. The highest BCUT2D eigenvalue weighted by molar-refractivity contribution is 9.10. The second-order valence-corrected chi connectivity index (χ2v) is 4.51. The fourth-order valence-electron chi connectivity index (χ4n) is 1.37. The predicted octanol–water partition coefficient (Wildman–Crippen LogP) is 2.84. The van der Waals surface area contributed by atoms with Gasteiger partial charge in [0.1, 0.15) is 0 Å². The van der Waals surface area contributed by atoms with Crippen molar-refractivity contribution >= 4 is 15.9 Å². The molecule has 1 aromatic carbocycles. The molecule has 2 nitrogen and oxygen atoms in total. The highest BCUT2D eigenvalue weighted by Gasteiger charge is 1.99. The SMILES string of the molecule is CN(CCC#N)CCc1cccc(Br)c1. The van der Waals surface area contributed by atoms with E-state index in [1.807, 2.05) is 6.07 Å².